The number of esters is 5. The summed E-state index contributed by atoms with van der Waals surface area (Å²) in [6, 6.07) is 24.2. The van der Waals surface area contributed by atoms with E-state index in [2.05, 4.69) is 58.9 Å². The van der Waals surface area contributed by atoms with Crippen LogP contribution in [0.15, 0.2) is 84.9 Å². The molecule has 0 radical (unpaired) electrons. The molecule has 4 aromatic rings. The highest BCUT2D eigenvalue weighted by molar-refractivity contribution is 6.15. The van der Waals surface area contributed by atoms with Gasteiger partial charge >= 0.3 is 29.8 Å². The number of hydrogen-bond donors (Lipinski definition) is 1. The van der Waals surface area contributed by atoms with Crippen LogP contribution in [0.25, 0.3) is 0 Å². The first-order valence-corrected chi connectivity index (χ1v) is 24.7. The zero-order valence-electron chi connectivity index (χ0n) is 39.3. The number of carbonyl (C=O) groups is 5. The van der Waals surface area contributed by atoms with Crippen molar-refractivity contribution in [3.05, 3.63) is 129 Å². The summed E-state index contributed by atoms with van der Waals surface area (Å²) < 4.78 is 21.3. The Labute approximate surface area is 393 Å². The van der Waals surface area contributed by atoms with Crippen molar-refractivity contribution >= 4 is 29.8 Å². The van der Waals surface area contributed by atoms with Crippen LogP contribution < -0.4 is 9.47 Å². The van der Waals surface area contributed by atoms with E-state index in [0.717, 1.165) is 60.0 Å². The first-order chi connectivity index (χ1) is 32.1. The van der Waals surface area contributed by atoms with Crippen LogP contribution in [-0.2, 0) is 14.9 Å². The lowest BCUT2D eigenvalue weighted by atomic mass is 9.42. The van der Waals surface area contributed by atoms with E-state index in [1.54, 1.807) is 0 Å². The minimum Gasteiger partial charge on any atom is -0.428 e. The molecule has 2 aliphatic heterocycles. The van der Waals surface area contributed by atoms with Gasteiger partial charge in [0.1, 0.15) is 11.5 Å². The molecular weight excluding hydrogens is 845 g/mol. The maximum absolute atomic E-state index is 13.4. The summed E-state index contributed by atoms with van der Waals surface area (Å²) in [5.41, 5.74) is 3.48. The van der Waals surface area contributed by atoms with Gasteiger partial charge in [0.15, 0.2) is 0 Å². The van der Waals surface area contributed by atoms with Crippen molar-refractivity contribution in [1.29, 1.82) is 0 Å². The molecule has 6 aliphatic rings. The van der Waals surface area contributed by atoms with Crippen LogP contribution in [-0.4, -0.2) is 35.0 Å². The van der Waals surface area contributed by atoms with Gasteiger partial charge in [-0.2, -0.15) is 0 Å². The fourth-order valence-electron chi connectivity index (χ4n) is 14.5. The van der Waals surface area contributed by atoms with Gasteiger partial charge in [-0.05, 0) is 182 Å². The fraction of sp³-hybridized carbons (Fsp3) is 0.491. The molecule has 0 saturated heterocycles. The fourth-order valence-corrected chi connectivity index (χ4v) is 14.5. The van der Waals surface area contributed by atoms with E-state index in [-0.39, 0.29) is 44.2 Å². The molecule has 10 heteroatoms. The molecule has 1 N–H and O–H groups in total. The minimum absolute atomic E-state index is 0.0449. The third kappa shape index (κ3) is 7.81. The summed E-state index contributed by atoms with van der Waals surface area (Å²) >= 11 is 0. The number of fused-ring (bicyclic) bond motifs is 7. The first-order valence-electron chi connectivity index (χ1n) is 24.7. The molecule has 10 rings (SSSR count). The average molecular weight is 907 g/mol. The van der Waals surface area contributed by atoms with Crippen LogP contribution in [0, 0.1) is 52.3 Å². The van der Waals surface area contributed by atoms with E-state index in [1.807, 2.05) is 24.3 Å². The largest absolute Gasteiger partial charge is 0.428 e. The van der Waals surface area contributed by atoms with Crippen molar-refractivity contribution in [2.45, 2.75) is 123 Å². The molecule has 2 heterocycles. The molecule has 10 unspecified atom stereocenters. The lowest BCUT2D eigenvalue weighted by Gasteiger charge is -2.63. The number of aliphatic hydroxyl groups is 1. The Kier molecular flexibility index (Phi) is 11.6. The Morgan fingerprint density at radius 1 is 0.657 bits per heavy atom. The maximum atomic E-state index is 13.4. The molecule has 10 atom stereocenters. The molecule has 4 aliphatic carbocycles. The Morgan fingerprint density at radius 2 is 1.27 bits per heavy atom. The second-order valence-corrected chi connectivity index (χ2v) is 21.8. The number of hydrogen-bond acceptors (Lipinski definition) is 10. The van der Waals surface area contributed by atoms with Crippen molar-refractivity contribution in [3.8, 4) is 11.5 Å². The first kappa shape index (κ1) is 45.2. The molecule has 4 saturated carbocycles. The normalized spacial score (nSPS) is 30.9. The summed E-state index contributed by atoms with van der Waals surface area (Å²) in [5, 5.41) is 10.2. The second kappa shape index (κ2) is 17.2. The molecule has 4 aromatic carbocycles. The molecule has 10 nitrogen and oxygen atoms in total. The van der Waals surface area contributed by atoms with Crippen LogP contribution >= 0.6 is 0 Å². The molecule has 67 heavy (non-hydrogen) atoms. The minimum atomic E-state index is -1.43. The summed E-state index contributed by atoms with van der Waals surface area (Å²) in [4.78, 5) is 62.9. The third-order valence-corrected chi connectivity index (χ3v) is 18.1. The topological polar surface area (TPSA) is 143 Å². The van der Waals surface area contributed by atoms with Crippen LogP contribution in [0.3, 0.4) is 0 Å². The highest BCUT2D eigenvalue weighted by Gasteiger charge is 2.62. The van der Waals surface area contributed by atoms with Crippen molar-refractivity contribution in [1.82, 2.24) is 0 Å². The van der Waals surface area contributed by atoms with E-state index in [0.29, 0.717) is 28.7 Å². The van der Waals surface area contributed by atoms with Gasteiger partial charge in [-0.25, -0.2) is 24.0 Å². The van der Waals surface area contributed by atoms with Gasteiger partial charge in [-0.3, -0.25) is 0 Å². The Morgan fingerprint density at radius 3 is 1.93 bits per heavy atom. The molecule has 350 valence electrons. The van der Waals surface area contributed by atoms with Crippen molar-refractivity contribution in [2.75, 3.05) is 0 Å². The SMILES string of the molecule is CC(C)CCCC(C)C1CCC2C3CCC4CC(c5ccc(OC(=O)c6ccc7c(c6)C(=O)OC7=O)cc5)(c5ccc(OC(=O)c6ccc7c(c6)C(O)OC7=O)cc5)CCC4(C)C3CCC12C. The van der Waals surface area contributed by atoms with Crippen molar-refractivity contribution in [2.24, 2.45) is 52.3 Å². The zero-order chi connectivity index (χ0) is 47.0. The summed E-state index contributed by atoms with van der Waals surface area (Å²) in [5.74, 6) is 2.44. The lowest BCUT2D eigenvalue weighted by Crippen LogP contribution is -2.55. The Bertz CT molecular complexity index is 2630. The van der Waals surface area contributed by atoms with E-state index in [4.69, 9.17) is 18.9 Å². The number of cyclic esters (lactones) is 3. The Balaban J connectivity index is 0.905. The zero-order valence-corrected chi connectivity index (χ0v) is 39.3. The number of aliphatic hydroxyl groups excluding tert-OH is 1. The quantitative estimate of drug-likeness (QED) is 0.0878. The standard InChI is InChI=1S/C57H62O10/c1-32(2)7-6-8-33(3)46-23-24-47-43-22-15-38-31-57(28-27-55(38,4)48(43)25-26-56(46,47)5,36-11-16-39(17-12-36)64-49(58)34-9-20-41-44(29-34)53(62)66-51(41)60)37-13-18-40(19-14-37)65-50(59)35-10-21-42-45(30-35)54(63)67-52(42)61/h9-14,16-21,29-30,32-33,38,43,46-48,53,62H,6-8,15,22-28,31H2,1-5H3. The van der Waals surface area contributed by atoms with E-state index < -0.39 is 36.1 Å². The van der Waals surface area contributed by atoms with Gasteiger partial charge < -0.3 is 24.1 Å². The monoisotopic (exact) mass is 906 g/mol. The second-order valence-electron chi connectivity index (χ2n) is 21.8. The maximum Gasteiger partial charge on any atom is 0.346 e. The molecule has 0 amide bonds. The van der Waals surface area contributed by atoms with E-state index >= 15 is 0 Å². The highest BCUT2D eigenvalue weighted by atomic mass is 16.6. The predicted molar refractivity (Wildman–Crippen MR) is 250 cm³/mol. The van der Waals surface area contributed by atoms with Gasteiger partial charge in [0.25, 0.3) is 0 Å². The van der Waals surface area contributed by atoms with E-state index in [9.17, 15) is 29.1 Å². The van der Waals surface area contributed by atoms with Gasteiger partial charge in [-0.1, -0.05) is 78.1 Å². The number of carbonyl (C=O) groups excluding carboxylic acids is 5. The van der Waals surface area contributed by atoms with Crippen LogP contribution in [0.4, 0.5) is 0 Å². The molecule has 0 aromatic heterocycles. The van der Waals surface area contributed by atoms with Crippen molar-refractivity contribution < 1.29 is 48.0 Å². The third-order valence-electron chi connectivity index (χ3n) is 18.1. The van der Waals surface area contributed by atoms with Crippen LogP contribution in [0.5, 0.6) is 11.5 Å². The van der Waals surface area contributed by atoms with Crippen LogP contribution in [0.1, 0.15) is 186 Å². The highest BCUT2D eigenvalue weighted by Crippen LogP contribution is 2.70. The summed E-state index contributed by atoms with van der Waals surface area (Å²) in [6.07, 6.45) is 13.4. The smallest absolute Gasteiger partial charge is 0.346 e. The number of benzene rings is 4. The summed E-state index contributed by atoms with van der Waals surface area (Å²) in [7, 11) is 0. The number of rotatable bonds is 11. The predicted octanol–water partition coefficient (Wildman–Crippen LogP) is 12.0. The summed E-state index contributed by atoms with van der Waals surface area (Å²) in [6.45, 7) is 12.5. The average Bonchev–Trinajstić information content (AvgIpc) is 3.93. The van der Waals surface area contributed by atoms with Crippen LogP contribution in [0.2, 0.25) is 0 Å². The molecule has 4 fully saturated rings. The van der Waals surface area contributed by atoms with Crippen molar-refractivity contribution in [3.63, 3.8) is 0 Å². The Hall–Kier alpha value is -5.61. The molecular formula is C57H62O10. The van der Waals surface area contributed by atoms with Gasteiger partial charge in [0, 0.05) is 11.0 Å². The van der Waals surface area contributed by atoms with E-state index in [1.165, 1.54) is 94.2 Å². The van der Waals surface area contributed by atoms with Gasteiger partial charge in [0.05, 0.1) is 27.8 Å². The lowest BCUT2D eigenvalue weighted by molar-refractivity contribution is -0.122. The molecule has 0 spiro atoms. The molecule has 0 bridgehead atoms. The van der Waals surface area contributed by atoms with Gasteiger partial charge in [-0.15, -0.1) is 0 Å². The number of ether oxygens (including phenoxy) is 4. The van der Waals surface area contributed by atoms with Gasteiger partial charge in [0.2, 0.25) is 6.29 Å².